The van der Waals surface area contributed by atoms with Crippen molar-refractivity contribution in [1.29, 1.82) is 0 Å². The van der Waals surface area contributed by atoms with E-state index in [1.54, 1.807) is 6.92 Å². The van der Waals surface area contributed by atoms with Gasteiger partial charge in [-0.25, -0.2) is 0 Å². The van der Waals surface area contributed by atoms with Crippen molar-refractivity contribution in [2.45, 2.75) is 70.3 Å². The predicted octanol–water partition coefficient (Wildman–Crippen LogP) is 3.73. The molecule has 0 aromatic heterocycles. The Morgan fingerprint density at radius 1 is 1.06 bits per heavy atom. The number of hydrogen-bond acceptors (Lipinski definition) is 2. The first-order valence-electron chi connectivity index (χ1n) is 7.79. The summed E-state index contributed by atoms with van der Waals surface area (Å²) in [6.07, 6.45) is 11.2. The Labute approximate surface area is 110 Å². The molecule has 0 amide bonds. The van der Waals surface area contributed by atoms with Gasteiger partial charge < -0.3 is 9.53 Å². The number of hydrogen-bond donors (Lipinski definition) is 0. The monoisotopic (exact) mass is 250 g/mol. The summed E-state index contributed by atoms with van der Waals surface area (Å²) in [7, 11) is 0. The molecule has 0 N–H and O–H groups in total. The van der Waals surface area contributed by atoms with Crippen LogP contribution in [0.3, 0.4) is 0 Å². The van der Waals surface area contributed by atoms with Crippen LogP contribution >= 0.6 is 0 Å². The lowest BCUT2D eigenvalue weighted by Gasteiger charge is -2.56. The highest BCUT2D eigenvalue weighted by atomic mass is 16.5. The molecule has 2 nitrogen and oxygen atoms in total. The number of ketones is 1. The predicted molar refractivity (Wildman–Crippen MR) is 71.4 cm³/mol. The Balaban J connectivity index is 1.46. The third-order valence-electron chi connectivity index (χ3n) is 5.31. The molecule has 0 radical (unpaired) electrons. The summed E-state index contributed by atoms with van der Waals surface area (Å²) in [6, 6.07) is 0. The van der Waals surface area contributed by atoms with E-state index in [0.29, 0.717) is 5.78 Å². The van der Waals surface area contributed by atoms with Crippen LogP contribution in [0, 0.1) is 17.8 Å². The lowest BCUT2D eigenvalue weighted by atomic mass is 9.54. The van der Waals surface area contributed by atoms with Crippen molar-refractivity contribution < 1.29 is 9.53 Å². The molecule has 4 rings (SSSR count). The summed E-state index contributed by atoms with van der Waals surface area (Å²) < 4.78 is 6.31. The molecular weight excluding hydrogens is 224 g/mol. The van der Waals surface area contributed by atoms with E-state index in [9.17, 15) is 4.79 Å². The average Bonchev–Trinajstić information content (AvgIpc) is 2.25. The van der Waals surface area contributed by atoms with Crippen molar-refractivity contribution >= 4 is 5.78 Å². The Morgan fingerprint density at radius 2 is 1.61 bits per heavy atom. The van der Waals surface area contributed by atoms with Gasteiger partial charge in [0.15, 0.2) is 0 Å². The van der Waals surface area contributed by atoms with Crippen molar-refractivity contribution in [2.24, 2.45) is 17.8 Å². The maximum absolute atomic E-state index is 10.9. The Morgan fingerprint density at radius 3 is 2.11 bits per heavy atom. The molecule has 0 atom stereocenters. The Bertz CT molecular complexity index is 286. The van der Waals surface area contributed by atoms with E-state index in [-0.39, 0.29) is 5.60 Å². The van der Waals surface area contributed by atoms with Crippen LogP contribution in [0.1, 0.15) is 64.7 Å². The SMILES string of the molecule is CC(=O)CCCCOC12CC3CC(CC(C3)C1)C2. The Hall–Kier alpha value is -0.370. The first-order chi connectivity index (χ1) is 8.65. The number of carbonyl (C=O) groups is 1. The van der Waals surface area contributed by atoms with Crippen LogP contribution in [0.2, 0.25) is 0 Å². The van der Waals surface area contributed by atoms with E-state index in [1.165, 1.54) is 38.5 Å². The normalized spacial score (nSPS) is 41.3. The Kier molecular flexibility index (Phi) is 3.48. The van der Waals surface area contributed by atoms with Crippen LogP contribution in [-0.4, -0.2) is 18.0 Å². The lowest BCUT2D eigenvalue weighted by Crippen LogP contribution is -2.52. The van der Waals surface area contributed by atoms with Crippen LogP contribution in [-0.2, 0) is 9.53 Å². The molecule has 0 aromatic carbocycles. The van der Waals surface area contributed by atoms with Gasteiger partial charge in [-0.05, 0) is 76.0 Å². The fourth-order valence-electron chi connectivity index (χ4n) is 4.97. The van der Waals surface area contributed by atoms with Crippen LogP contribution < -0.4 is 0 Å². The van der Waals surface area contributed by atoms with Crippen molar-refractivity contribution in [1.82, 2.24) is 0 Å². The molecule has 102 valence electrons. The van der Waals surface area contributed by atoms with E-state index in [4.69, 9.17) is 4.74 Å². The van der Waals surface area contributed by atoms with Gasteiger partial charge in [0.25, 0.3) is 0 Å². The molecule has 4 fully saturated rings. The summed E-state index contributed by atoms with van der Waals surface area (Å²) in [4.78, 5) is 10.9. The maximum Gasteiger partial charge on any atom is 0.129 e. The van der Waals surface area contributed by atoms with Crippen LogP contribution in [0.15, 0.2) is 0 Å². The van der Waals surface area contributed by atoms with Crippen molar-refractivity contribution in [3.63, 3.8) is 0 Å². The molecule has 4 bridgehead atoms. The number of Topliss-reactive ketones (excluding diaryl/α,β-unsaturated/α-hetero) is 1. The van der Waals surface area contributed by atoms with Gasteiger partial charge in [-0.1, -0.05) is 0 Å². The molecule has 4 aliphatic carbocycles. The van der Waals surface area contributed by atoms with Crippen LogP contribution in [0.4, 0.5) is 0 Å². The molecule has 0 aromatic rings. The smallest absolute Gasteiger partial charge is 0.129 e. The second kappa shape index (κ2) is 4.96. The van der Waals surface area contributed by atoms with E-state index in [1.807, 2.05) is 0 Å². The summed E-state index contributed by atoms with van der Waals surface area (Å²) in [5.74, 6) is 3.21. The standard InChI is InChI=1S/C16H26O2/c1-12(17)4-2-3-5-18-16-9-13-6-14(10-16)8-15(7-13)11-16/h13-15H,2-11H2,1H3. The third kappa shape index (κ3) is 2.64. The van der Waals surface area contributed by atoms with E-state index in [2.05, 4.69) is 0 Å². The minimum atomic E-state index is 0.255. The average molecular weight is 250 g/mol. The first kappa shape index (κ1) is 12.7. The molecule has 4 aliphatic rings. The van der Waals surface area contributed by atoms with Gasteiger partial charge >= 0.3 is 0 Å². The lowest BCUT2D eigenvalue weighted by molar-refractivity contribution is -0.162. The minimum Gasteiger partial charge on any atom is -0.375 e. The van der Waals surface area contributed by atoms with Crippen molar-refractivity contribution in [3.8, 4) is 0 Å². The van der Waals surface area contributed by atoms with Gasteiger partial charge in [0.1, 0.15) is 5.78 Å². The van der Waals surface area contributed by atoms with Gasteiger partial charge in [0, 0.05) is 13.0 Å². The van der Waals surface area contributed by atoms with E-state index in [0.717, 1.165) is 43.6 Å². The van der Waals surface area contributed by atoms with Gasteiger partial charge in [-0.3, -0.25) is 0 Å². The quantitative estimate of drug-likeness (QED) is 0.671. The third-order valence-corrected chi connectivity index (χ3v) is 5.31. The zero-order valence-electron chi connectivity index (χ0n) is 11.6. The molecule has 0 unspecified atom stereocenters. The number of carbonyl (C=O) groups excluding carboxylic acids is 1. The zero-order chi connectivity index (χ0) is 12.6. The molecule has 2 heteroatoms. The van der Waals surface area contributed by atoms with Crippen LogP contribution in [0.25, 0.3) is 0 Å². The second-order valence-electron chi connectivity index (χ2n) is 7.11. The van der Waals surface area contributed by atoms with E-state index >= 15 is 0 Å². The van der Waals surface area contributed by atoms with Gasteiger partial charge in [-0.15, -0.1) is 0 Å². The molecule has 0 heterocycles. The fourth-order valence-corrected chi connectivity index (χ4v) is 4.97. The van der Waals surface area contributed by atoms with Gasteiger partial charge in [0.2, 0.25) is 0 Å². The summed E-state index contributed by atoms with van der Waals surface area (Å²) in [5, 5.41) is 0. The summed E-state index contributed by atoms with van der Waals surface area (Å²) >= 11 is 0. The van der Waals surface area contributed by atoms with Gasteiger partial charge in [0.05, 0.1) is 5.60 Å². The molecule has 18 heavy (non-hydrogen) atoms. The fraction of sp³-hybridized carbons (Fsp3) is 0.938. The number of ether oxygens (including phenoxy) is 1. The second-order valence-corrected chi connectivity index (χ2v) is 7.11. The molecule has 4 saturated carbocycles. The first-order valence-corrected chi connectivity index (χ1v) is 7.79. The van der Waals surface area contributed by atoms with Gasteiger partial charge in [-0.2, -0.15) is 0 Å². The summed E-state index contributed by atoms with van der Waals surface area (Å²) in [5.41, 5.74) is 0.255. The molecule has 0 aliphatic heterocycles. The maximum atomic E-state index is 10.9. The van der Waals surface area contributed by atoms with Crippen molar-refractivity contribution in [3.05, 3.63) is 0 Å². The highest BCUT2D eigenvalue weighted by molar-refractivity contribution is 5.75. The topological polar surface area (TPSA) is 26.3 Å². The summed E-state index contributed by atoms with van der Waals surface area (Å²) in [6.45, 7) is 2.55. The molecule has 0 saturated heterocycles. The number of unbranched alkanes of at least 4 members (excludes halogenated alkanes) is 1. The largest absolute Gasteiger partial charge is 0.375 e. The van der Waals surface area contributed by atoms with Crippen molar-refractivity contribution in [2.75, 3.05) is 6.61 Å². The minimum absolute atomic E-state index is 0.255. The molecule has 0 spiro atoms. The van der Waals surface area contributed by atoms with E-state index < -0.39 is 0 Å². The highest BCUT2D eigenvalue weighted by Crippen LogP contribution is 2.57. The van der Waals surface area contributed by atoms with Crippen LogP contribution in [0.5, 0.6) is 0 Å². The number of rotatable bonds is 6. The zero-order valence-corrected chi connectivity index (χ0v) is 11.6. The highest BCUT2D eigenvalue weighted by Gasteiger charge is 2.51. The molecular formula is C16H26O2.